The Morgan fingerprint density at radius 2 is 2.06 bits per heavy atom. The van der Waals surface area contributed by atoms with Crippen LogP contribution >= 0.6 is 0 Å². The largest absolute Gasteiger partial charge is 0.330 e. The molecule has 3 rings (SSSR count). The Bertz CT molecular complexity index is 267. The maximum Gasteiger partial charge on any atom is 0.00471 e. The third-order valence-electron chi connectivity index (χ3n) is 5.88. The van der Waals surface area contributed by atoms with E-state index in [2.05, 4.69) is 11.9 Å². The summed E-state index contributed by atoms with van der Waals surface area (Å²) in [4.78, 5) is 2.59. The van der Waals surface area contributed by atoms with Crippen molar-refractivity contribution in [3.63, 3.8) is 0 Å². The minimum Gasteiger partial charge on any atom is -0.330 e. The summed E-state index contributed by atoms with van der Waals surface area (Å²) in [5, 5.41) is 0. The van der Waals surface area contributed by atoms with Gasteiger partial charge in [0.05, 0.1) is 0 Å². The van der Waals surface area contributed by atoms with E-state index in [1.807, 2.05) is 0 Å². The number of hydrogen-bond acceptors (Lipinski definition) is 2. The molecule has 3 unspecified atom stereocenters. The Morgan fingerprint density at radius 3 is 2.53 bits per heavy atom. The maximum atomic E-state index is 5.96. The molecule has 2 heteroatoms. The van der Waals surface area contributed by atoms with Gasteiger partial charge in [0, 0.05) is 13.1 Å². The van der Waals surface area contributed by atoms with Gasteiger partial charge in [-0.05, 0) is 68.9 Å². The molecule has 0 amide bonds. The molecule has 3 fully saturated rings. The minimum absolute atomic E-state index is 0.492. The SMILES string of the molecule is CN(CC1CC2CCC1C2)CC1(CN)CCC1. The molecule has 3 saturated carbocycles. The predicted octanol–water partition coefficient (Wildman–Crippen LogP) is 2.48. The van der Waals surface area contributed by atoms with Gasteiger partial charge in [-0.3, -0.25) is 0 Å². The average molecular weight is 236 g/mol. The molecule has 0 aliphatic heterocycles. The van der Waals surface area contributed by atoms with Crippen molar-refractivity contribution in [2.45, 2.75) is 44.9 Å². The number of rotatable bonds is 5. The smallest absolute Gasteiger partial charge is 0.00471 e. The highest BCUT2D eigenvalue weighted by Gasteiger charge is 2.41. The van der Waals surface area contributed by atoms with Gasteiger partial charge in [-0.1, -0.05) is 12.8 Å². The van der Waals surface area contributed by atoms with Crippen LogP contribution in [-0.4, -0.2) is 31.6 Å². The highest BCUT2D eigenvalue weighted by molar-refractivity contribution is 4.94. The van der Waals surface area contributed by atoms with Crippen molar-refractivity contribution in [3.05, 3.63) is 0 Å². The fourth-order valence-corrected chi connectivity index (χ4v) is 4.74. The third-order valence-corrected chi connectivity index (χ3v) is 5.88. The molecule has 0 spiro atoms. The van der Waals surface area contributed by atoms with E-state index in [1.165, 1.54) is 51.6 Å². The summed E-state index contributed by atoms with van der Waals surface area (Å²) in [5.41, 5.74) is 6.45. The summed E-state index contributed by atoms with van der Waals surface area (Å²) in [6, 6.07) is 0. The second-order valence-electron chi connectivity index (χ2n) is 7.19. The Morgan fingerprint density at radius 1 is 1.24 bits per heavy atom. The first kappa shape index (κ1) is 12.0. The summed E-state index contributed by atoms with van der Waals surface area (Å²) in [6.45, 7) is 3.48. The Hall–Kier alpha value is -0.0800. The van der Waals surface area contributed by atoms with E-state index in [1.54, 1.807) is 6.42 Å². The molecular formula is C15H28N2. The van der Waals surface area contributed by atoms with Crippen molar-refractivity contribution in [1.82, 2.24) is 4.90 Å². The molecule has 98 valence electrons. The van der Waals surface area contributed by atoms with Gasteiger partial charge >= 0.3 is 0 Å². The summed E-state index contributed by atoms with van der Waals surface area (Å²) in [6.07, 6.45) is 10.2. The molecule has 3 atom stereocenters. The molecule has 17 heavy (non-hydrogen) atoms. The lowest BCUT2D eigenvalue weighted by molar-refractivity contribution is 0.0744. The monoisotopic (exact) mass is 236 g/mol. The molecule has 2 N–H and O–H groups in total. The molecule has 2 nitrogen and oxygen atoms in total. The normalized spacial score (nSPS) is 38.6. The molecule has 0 saturated heterocycles. The number of nitrogens with zero attached hydrogens (tertiary/aromatic N) is 1. The minimum atomic E-state index is 0.492. The Labute approximate surface area is 106 Å². The number of hydrogen-bond donors (Lipinski definition) is 1. The summed E-state index contributed by atoms with van der Waals surface area (Å²) < 4.78 is 0. The van der Waals surface area contributed by atoms with Crippen LogP contribution in [0.15, 0.2) is 0 Å². The van der Waals surface area contributed by atoms with Crippen LogP contribution in [0.4, 0.5) is 0 Å². The zero-order valence-electron chi connectivity index (χ0n) is 11.3. The van der Waals surface area contributed by atoms with Crippen LogP contribution in [0.1, 0.15) is 44.9 Å². The van der Waals surface area contributed by atoms with E-state index >= 15 is 0 Å². The molecule has 0 aromatic rings. The average Bonchev–Trinajstić information content (AvgIpc) is 2.85. The molecule has 3 aliphatic carbocycles. The van der Waals surface area contributed by atoms with E-state index in [-0.39, 0.29) is 0 Å². The predicted molar refractivity (Wildman–Crippen MR) is 71.8 cm³/mol. The fourth-order valence-electron chi connectivity index (χ4n) is 4.74. The van der Waals surface area contributed by atoms with Crippen LogP contribution in [0, 0.1) is 23.2 Å². The first-order valence-electron chi connectivity index (χ1n) is 7.59. The Kier molecular flexibility index (Phi) is 3.20. The van der Waals surface area contributed by atoms with Gasteiger partial charge < -0.3 is 10.6 Å². The van der Waals surface area contributed by atoms with Crippen LogP contribution in [0.5, 0.6) is 0 Å². The Balaban J connectivity index is 1.48. The second-order valence-corrected chi connectivity index (χ2v) is 7.19. The van der Waals surface area contributed by atoms with Gasteiger partial charge in [-0.15, -0.1) is 0 Å². The molecule has 2 bridgehead atoms. The van der Waals surface area contributed by atoms with Crippen LogP contribution in [0.3, 0.4) is 0 Å². The molecular weight excluding hydrogens is 208 g/mol. The van der Waals surface area contributed by atoms with E-state index in [0.29, 0.717) is 5.41 Å². The van der Waals surface area contributed by atoms with E-state index in [9.17, 15) is 0 Å². The van der Waals surface area contributed by atoms with Crippen LogP contribution in [0.25, 0.3) is 0 Å². The van der Waals surface area contributed by atoms with Gasteiger partial charge in [0.1, 0.15) is 0 Å². The topological polar surface area (TPSA) is 29.3 Å². The molecule has 3 aliphatic rings. The molecule has 0 radical (unpaired) electrons. The van der Waals surface area contributed by atoms with Gasteiger partial charge in [0.15, 0.2) is 0 Å². The third kappa shape index (κ3) is 2.26. The number of nitrogens with two attached hydrogens (primary N) is 1. The summed E-state index contributed by atoms with van der Waals surface area (Å²) in [7, 11) is 2.32. The highest BCUT2D eigenvalue weighted by atomic mass is 15.1. The van der Waals surface area contributed by atoms with E-state index in [0.717, 1.165) is 24.3 Å². The highest BCUT2D eigenvalue weighted by Crippen LogP contribution is 2.48. The van der Waals surface area contributed by atoms with E-state index in [4.69, 9.17) is 5.73 Å². The zero-order valence-corrected chi connectivity index (χ0v) is 11.3. The maximum absolute atomic E-state index is 5.96. The number of fused-ring (bicyclic) bond motifs is 2. The lowest BCUT2D eigenvalue weighted by Crippen LogP contribution is -2.47. The van der Waals surface area contributed by atoms with Crippen LogP contribution in [-0.2, 0) is 0 Å². The quantitative estimate of drug-likeness (QED) is 0.794. The summed E-state index contributed by atoms with van der Waals surface area (Å²) >= 11 is 0. The lowest BCUT2D eigenvalue weighted by atomic mass is 9.68. The van der Waals surface area contributed by atoms with Crippen molar-refractivity contribution in [2.75, 3.05) is 26.7 Å². The van der Waals surface area contributed by atoms with Crippen molar-refractivity contribution in [1.29, 1.82) is 0 Å². The van der Waals surface area contributed by atoms with Gasteiger partial charge in [0.2, 0.25) is 0 Å². The summed E-state index contributed by atoms with van der Waals surface area (Å²) in [5.74, 6) is 3.16. The first-order valence-corrected chi connectivity index (χ1v) is 7.59. The van der Waals surface area contributed by atoms with Gasteiger partial charge in [-0.25, -0.2) is 0 Å². The lowest BCUT2D eigenvalue weighted by Gasteiger charge is -2.44. The van der Waals surface area contributed by atoms with Crippen molar-refractivity contribution in [3.8, 4) is 0 Å². The standard InChI is InChI=1S/C15H28N2/c1-17(11-15(10-16)5-2-6-15)9-14-8-12-3-4-13(14)7-12/h12-14H,2-11,16H2,1H3. The van der Waals surface area contributed by atoms with Crippen molar-refractivity contribution >= 4 is 0 Å². The second kappa shape index (κ2) is 4.55. The van der Waals surface area contributed by atoms with Crippen molar-refractivity contribution < 1.29 is 0 Å². The van der Waals surface area contributed by atoms with E-state index < -0.39 is 0 Å². The zero-order chi connectivity index (χ0) is 11.9. The molecule has 0 aromatic heterocycles. The van der Waals surface area contributed by atoms with Crippen LogP contribution in [0.2, 0.25) is 0 Å². The first-order chi connectivity index (χ1) is 8.21. The van der Waals surface area contributed by atoms with Crippen molar-refractivity contribution in [2.24, 2.45) is 28.9 Å². The van der Waals surface area contributed by atoms with Crippen LogP contribution < -0.4 is 5.73 Å². The molecule has 0 aromatic carbocycles. The fraction of sp³-hybridized carbons (Fsp3) is 1.00. The molecule has 0 heterocycles. The van der Waals surface area contributed by atoms with Gasteiger partial charge in [0.25, 0.3) is 0 Å². The van der Waals surface area contributed by atoms with Gasteiger partial charge in [-0.2, -0.15) is 0 Å².